The van der Waals surface area contributed by atoms with Crippen molar-refractivity contribution in [2.75, 3.05) is 0 Å². The predicted octanol–water partition coefficient (Wildman–Crippen LogP) is 4.11. The molecule has 0 atom stereocenters. The summed E-state index contributed by atoms with van der Waals surface area (Å²) in [6.07, 6.45) is 0. The van der Waals surface area contributed by atoms with Crippen LogP contribution in [-0.4, -0.2) is 10.9 Å². The lowest BCUT2D eigenvalue weighted by molar-refractivity contribution is 0.203. The van der Waals surface area contributed by atoms with Gasteiger partial charge < -0.3 is 0 Å². The van der Waals surface area contributed by atoms with Crippen molar-refractivity contribution >= 4 is 0 Å². The Morgan fingerprint density at radius 3 is 2.33 bits per heavy atom. The quantitative estimate of drug-likeness (QED) is 0.825. The maximum atomic E-state index is 13.5. The van der Waals surface area contributed by atoms with E-state index in [4.69, 9.17) is 5.26 Å². The Kier molecular flexibility index (Phi) is 5.08. The molecule has 0 amide bonds. The summed E-state index contributed by atoms with van der Waals surface area (Å²) in [5.74, 6) is -0.354. The summed E-state index contributed by atoms with van der Waals surface area (Å²) < 4.78 is 13.5. The van der Waals surface area contributed by atoms with Gasteiger partial charge in [0.2, 0.25) is 0 Å². The van der Waals surface area contributed by atoms with Gasteiger partial charge in [0.25, 0.3) is 0 Å². The predicted molar refractivity (Wildman–Crippen MR) is 81.9 cm³/mol. The van der Waals surface area contributed by atoms with E-state index in [9.17, 15) is 4.39 Å². The smallest absolute Gasteiger partial charge is 0.124 e. The molecule has 108 valence electrons. The van der Waals surface area contributed by atoms with Crippen molar-refractivity contribution in [2.24, 2.45) is 0 Å². The van der Waals surface area contributed by atoms with E-state index in [-0.39, 0.29) is 5.82 Å². The second kappa shape index (κ2) is 7.01. The Balaban J connectivity index is 2.17. The lowest BCUT2D eigenvalue weighted by Crippen LogP contribution is -2.29. The van der Waals surface area contributed by atoms with Crippen molar-refractivity contribution in [2.45, 2.75) is 33.0 Å². The minimum Gasteiger partial charge on any atom is -0.292 e. The Morgan fingerprint density at radius 2 is 1.71 bits per heavy atom. The van der Waals surface area contributed by atoms with Crippen LogP contribution in [0, 0.1) is 17.1 Å². The molecule has 0 aliphatic heterocycles. The van der Waals surface area contributed by atoms with Gasteiger partial charge in [-0.25, -0.2) is 4.39 Å². The van der Waals surface area contributed by atoms with E-state index in [1.165, 1.54) is 17.7 Å². The van der Waals surface area contributed by atoms with Crippen LogP contribution in [-0.2, 0) is 13.1 Å². The highest BCUT2D eigenvalue weighted by atomic mass is 19.1. The van der Waals surface area contributed by atoms with Gasteiger partial charge in [-0.05, 0) is 43.2 Å². The first kappa shape index (κ1) is 15.2. The van der Waals surface area contributed by atoms with E-state index < -0.39 is 0 Å². The largest absolute Gasteiger partial charge is 0.292 e. The zero-order valence-corrected chi connectivity index (χ0v) is 12.4. The van der Waals surface area contributed by atoms with Crippen LogP contribution in [0.2, 0.25) is 0 Å². The van der Waals surface area contributed by atoms with E-state index in [1.807, 2.05) is 24.3 Å². The molecule has 0 N–H and O–H groups in total. The molecular weight excluding hydrogens is 263 g/mol. The molecule has 2 aromatic rings. The molecular formula is C18H19FN2. The Hall–Kier alpha value is -2.18. The van der Waals surface area contributed by atoms with Crippen molar-refractivity contribution in [1.82, 2.24) is 4.90 Å². The average molecular weight is 282 g/mol. The van der Waals surface area contributed by atoms with Crippen LogP contribution in [0.15, 0.2) is 48.5 Å². The van der Waals surface area contributed by atoms with Gasteiger partial charge in [0, 0.05) is 19.1 Å². The zero-order chi connectivity index (χ0) is 15.2. The lowest BCUT2D eigenvalue weighted by atomic mass is 10.1. The van der Waals surface area contributed by atoms with E-state index in [0.29, 0.717) is 18.2 Å². The molecule has 0 unspecified atom stereocenters. The number of nitriles is 1. The second-order valence-corrected chi connectivity index (χ2v) is 5.44. The highest BCUT2D eigenvalue weighted by Gasteiger charge is 2.12. The third-order valence-corrected chi connectivity index (χ3v) is 3.43. The number of rotatable bonds is 5. The number of halogens is 1. The first-order valence-corrected chi connectivity index (χ1v) is 7.06. The van der Waals surface area contributed by atoms with Crippen LogP contribution in [0.3, 0.4) is 0 Å². The number of benzene rings is 2. The maximum absolute atomic E-state index is 13.5. The molecule has 0 aliphatic carbocycles. The van der Waals surface area contributed by atoms with Gasteiger partial charge in [-0.3, -0.25) is 4.90 Å². The van der Waals surface area contributed by atoms with Crippen molar-refractivity contribution in [3.8, 4) is 6.07 Å². The first-order valence-electron chi connectivity index (χ1n) is 7.06. The standard InChI is InChI=1S/C18H19FN2/c1-14(2)21(12-15-6-4-3-5-7-15)13-17-8-16(11-20)9-18(19)10-17/h3-10,14H,12-13H2,1-2H3. The molecule has 0 aliphatic rings. The van der Waals surface area contributed by atoms with Gasteiger partial charge >= 0.3 is 0 Å². The summed E-state index contributed by atoms with van der Waals surface area (Å²) in [4.78, 5) is 2.26. The van der Waals surface area contributed by atoms with Crippen molar-refractivity contribution in [3.63, 3.8) is 0 Å². The molecule has 0 aromatic heterocycles. The van der Waals surface area contributed by atoms with Gasteiger partial charge in [0.1, 0.15) is 5.82 Å². The van der Waals surface area contributed by atoms with E-state index in [0.717, 1.165) is 12.1 Å². The number of nitrogens with zero attached hydrogens (tertiary/aromatic N) is 2. The third-order valence-electron chi connectivity index (χ3n) is 3.43. The molecule has 0 radical (unpaired) electrons. The minimum atomic E-state index is -0.354. The molecule has 0 spiro atoms. The Morgan fingerprint density at radius 1 is 1.05 bits per heavy atom. The molecule has 2 aromatic carbocycles. The van der Waals surface area contributed by atoms with Gasteiger partial charge in [0.05, 0.1) is 11.6 Å². The van der Waals surface area contributed by atoms with E-state index in [1.54, 1.807) is 6.07 Å². The van der Waals surface area contributed by atoms with E-state index >= 15 is 0 Å². The van der Waals surface area contributed by atoms with Crippen molar-refractivity contribution in [1.29, 1.82) is 5.26 Å². The SMILES string of the molecule is CC(C)N(Cc1ccccc1)Cc1cc(F)cc(C#N)c1. The van der Waals surface area contributed by atoms with E-state index in [2.05, 4.69) is 30.9 Å². The fraction of sp³-hybridized carbons (Fsp3) is 0.278. The van der Waals surface area contributed by atoms with Crippen molar-refractivity contribution in [3.05, 3.63) is 71.0 Å². The molecule has 0 saturated carbocycles. The van der Waals surface area contributed by atoms with Crippen LogP contribution < -0.4 is 0 Å². The number of hydrogen-bond donors (Lipinski definition) is 0. The zero-order valence-electron chi connectivity index (χ0n) is 12.4. The molecule has 0 saturated heterocycles. The molecule has 0 bridgehead atoms. The third kappa shape index (κ3) is 4.40. The highest BCUT2D eigenvalue weighted by Crippen LogP contribution is 2.15. The topological polar surface area (TPSA) is 27.0 Å². The fourth-order valence-electron chi connectivity index (χ4n) is 2.28. The fourth-order valence-corrected chi connectivity index (χ4v) is 2.28. The van der Waals surface area contributed by atoms with Crippen LogP contribution in [0.25, 0.3) is 0 Å². The Labute approximate surface area is 125 Å². The molecule has 21 heavy (non-hydrogen) atoms. The summed E-state index contributed by atoms with van der Waals surface area (Å²) in [6.45, 7) is 5.66. The summed E-state index contributed by atoms with van der Waals surface area (Å²) in [6, 6.07) is 17.1. The molecule has 3 heteroatoms. The highest BCUT2D eigenvalue weighted by molar-refractivity contribution is 5.33. The summed E-state index contributed by atoms with van der Waals surface area (Å²) in [5, 5.41) is 8.93. The summed E-state index contributed by atoms with van der Waals surface area (Å²) >= 11 is 0. The van der Waals surface area contributed by atoms with Gasteiger partial charge in [0.15, 0.2) is 0 Å². The molecule has 0 fully saturated rings. The Bertz CT molecular complexity index is 629. The molecule has 0 heterocycles. The van der Waals surface area contributed by atoms with Crippen LogP contribution in [0.1, 0.15) is 30.5 Å². The lowest BCUT2D eigenvalue weighted by Gasteiger charge is -2.26. The van der Waals surface area contributed by atoms with Crippen LogP contribution in [0.5, 0.6) is 0 Å². The van der Waals surface area contributed by atoms with Crippen LogP contribution >= 0.6 is 0 Å². The monoisotopic (exact) mass is 282 g/mol. The summed E-state index contributed by atoms with van der Waals surface area (Å²) in [7, 11) is 0. The average Bonchev–Trinajstić information content (AvgIpc) is 2.47. The van der Waals surface area contributed by atoms with Gasteiger partial charge in [-0.15, -0.1) is 0 Å². The van der Waals surface area contributed by atoms with Crippen molar-refractivity contribution < 1.29 is 4.39 Å². The second-order valence-electron chi connectivity index (χ2n) is 5.44. The molecule has 2 rings (SSSR count). The van der Waals surface area contributed by atoms with Gasteiger partial charge in [-0.1, -0.05) is 30.3 Å². The van der Waals surface area contributed by atoms with Gasteiger partial charge in [-0.2, -0.15) is 5.26 Å². The van der Waals surface area contributed by atoms with Crippen LogP contribution in [0.4, 0.5) is 4.39 Å². The maximum Gasteiger partial charge on any atom is 0.124 e. The molecule has 2 nitrogen and oxygen atoms in total. The number of hydrogen-bond acceptors (Lipinski definition) is 2. The minimum absolute atomic E-state index is 0.332. The first-order chi connectivity index (χ1) is 10.1. The normalized spacial score (nSPS) is 10.9. The summed E-state index contributed by atoms with van der Waals surface area (Å²) in [5.41, 5.74) is 2.42.